The Labute approximate surface area is 122 Å². The van der Waals surface area contributed by atoms with Gasteiger partial charge >= 0.3 is 0 Å². The van der Waals surface area contributed by atoms with Gasteiger partial charge in [0.15, 0.2) is 0 Å². The quantitative estimate of drug-likeness (QED) is 0.826. The average molecular weight is 276 g/mol. The first-order valence-corrected chi connectivity index (χ1v) is 8.21. The van der Waals surface area contributed by atoms with E-state index < -0.39 is 0 Å². The van der Waals surface area contributed by atoms with Gasteiger partial charge in [-0.2, -0.15) is 5.10 Å². The van der Waals surface area contributed by atoms with Gasteiger partial charge in [-0.25, -0.2) is 0 Å². The van der Waals surface area contributed by atoms with Gasteiger partial charge in [-0.05, 0) is 44.6 Å². The first kappa shape index (κ1) is 14.1. The third-order valence-corrected chi connectivity index (χ3v) is 4.57. The van der Waals surface area contributed by atoms with Gasteiger partial charge in [0.2, 0.25) is 0 Å². The number of hydrogen-bond acceptors (Lipinski definition) is 3. The van der Waals surface area contributed by atoms with E-state index in [1.807, 2.05) is 11.7 Å². The minimum Gasteiger partial charge on any atom is -0.313 e. The van der Waals surface area contributed by atoms with Gasteiger partial charge < -0.3 is 5.32 Å². The molecule has 112 valence electrons. The molecule has 2 heterocycles. The van der Waals surface area contributed by atoms with Crippen molar-refractivity contribution >= 4 is 0 Å². The molecule has 0 amide bonds. The van der Waals surface area contributed by atoms with Crippen molar-refractivity contribution in [1.29, 1.82) is 0 Å². The molecule has 3 rings (SSSR count). The molecule has 1 atom stereocenters. The maximum atomic E-state index is 4.58. The topological polar surface area (TPSA) is 33.1 Å². The molecule has 0 bridgehead atoms. The van der Waals surface area contributed by atoms with Gasteiger partial charge in [0.1, 0.15) is 0 Å². The summed E-state index contributed by atoms with van der Waals surface area (Å²) in [4.78, 5) is 2.66. The molecule has 2 aliphatic rings. The second-order valence-corrected chi connectivity index (χ2v) is 6.56. The summed E-state index contributed by atoms with van der Waals surface area (Å²) < 4.78 is 1.97. The molecule has 1 saturated heterocycles. The van der Waals surface area contributed by atoms with Crippen LogP contribution in [-0.2, 0) is 20.0 Å². The number of aromatic nitrogens is 2. The molecule has 4 nitrogen and oxygen atoms in total. The fraction of sp³-hybridized carbons (Fsp3) is 0.812. The summed E-state index contributed by atoms with van der Waals surface area (Å²) in [6, 6.07) is 0.704. The van der Waals surface area contributed by atoms with Crippen molar-refractivity contribution in [1.82, 2.24) is 20.0 Å². The predicted octanol–water partition coefficient (Wildman–Crippen LogP) is 1.95. The minimum absolute atomic E-state index is 0.704. The molecular formula is C16H28N4. The van der Waals surface area contributed by atoms with Crippen LogP contribution in [0.15, 0.2) is 6.20 Å². The van der Waals surface area contributed by atoms with E-state index in [0.717, 1.165) is 18.9 Å². The second-order valence-electron chi connectivity index (χ2n) is 6.56. The third-order valence-electron chi connectivity index (χ3n) is 4.57. The van der Waals surface area contributed by atoms with Crippen molar-refractivity contribution in [2.45, 2.75) is 51.6 Å². The number of rotatable bonds is 7. The van der Waals surface area contributed by atoms with E-state index in [2.05, 4.69) is 28.4 Å². The van der Waals surface area contributed by atoms with E-state index in [0.29, 0.717) is 6.04 Å². The predicted molar refractivity (Wildman–Crippen MR) is 81.6 cm³/mol. The van der Waals surface area contributed by atoms with Crippen molar-refractivity contribution in [3.63, 3.8) is 0 Å². The second kappa shape index (κ2) is 6.27. The van der Waals surface area contributed by atoms with Crippen LogP contribution >= 0.6 is 0 Å². The molecular weight excluding hydrogens is 248 g/mol. The van der Waals surface area contributed by atoms with Crippen molar-refractivity contribution < 1.29 is 0 Å². The smallest absolute Gasteiger partial charge is 0.0666 e. The summed E-state index contributed by atoms with van der Waals surface area (Å²) in [7, 11) is 2.03. The van der Waals surface area contributed by atoms with Gasteiger partial charge in [-0.3, -0.25) is 9.58 Å². The largest absolute Gasteiger partial charge is 0.313 e. The molecule has 4 heteroatoms. The van der Waals surface area contributed by atoms with Gasteiger partial charge in [0, 0.05) is 44.5 Å². The molecule has 0 radical (unpaired) electrons. The fourth-order valence-electron chi connectivity index (χ4n) is 3.35. The first-order valence-electron chi connectivity index (χ1n) is 8.21. The van der Waals surface area contributed by atoms with Crippen LogP contribution in [-0.4, -0.2) is 40.4 Å². The normalized spacial score (nSPS) is 22.9. The molecule has 1 N–H and O–H groups in total. The Morgan fingerprint density at radius 3 is 2.85 bits per heavy atom. The Kier molecular flexibility index (Phi) is 4.41. The SMILES string of the molecule is CCc1nn(C)cc1CN(CC1CC1)CC1CCCN1. The van der Waals surface area contributed by atoms with Gasteiger partial charge in [0.05, 0.1) is 5.69 Å². The van der Waals surface area contributed by atoms with E-state index in [4.69, 9.17) is 0 Å². The van der Waals surface area contributed by atoms with Crippen molar-refractivity contribution in [2.75, 3.05) is 19.6 Å². The van der Waals surface area contributed by atoms with Crippen LogP contribution in [0.4, 0.5) is 0 Å². The zero-order valence-corrected chi connectivity index (χ0v) is 12.9. The molecule has 1 saturated carbocycles. The Hall–Kier alpha value is -0.870. The number of hydrogen-bond donors (Lipinski definition) is 1. The van der Waals surface area contributed by atoms with Crippen LogP contribution < -0.4 is 5.32 Å². The molecule has 0 spiro atoms. The molecule has 1 aromatic heterocycles. The highest BCUT2D eigenvalue weighted by atomic mass is 15.3. The van der Waals surface area contributed by atoms with E-state index in [-0.39, 0.29) is 0 Å². The standard InChI is InChI=1S/C16H28N4/c1-3-16-14(10-19(2)18-16)11-20(9-13-6-7-13)12-15-5-4-8-17-15/h10,13,15,17H,3-9,11-12H2,1-2H3. The van der Waals surface area contributed by atoms with Gasteiger partial charge in [-0.1, -0.05) is 6.92 Å². The summed E-state index contributed by atoms with van der Waals surface area (Å²) >= 11 is 0. The summed E-state index contributed by atoms with van der Waals surface area (Å²) in [5, 5.41) is 8.22. The van der Waals surface area contributed by atoms with Crippen LogP contribution in [0.3, 0.4) is 0 Å². The number of nitrogens with zero attached hydrogens (tertiary/aromatic N) is 3. The zero-order valence-electron chi connectivity index (χ0n) is 12.9. The zero-order chi connectivity index (χ0) is 13.9. The average Bonchev–Trinajstić information content (AvgIpc) is 2.95. The maximum absolute atomic E-state index is 4.58. The lowest BCUT2D eigenvalue weighted by Crippen LogP contribution is -2.38. The molecule has 1 aliphatic carbocycles. The highest BCUT2D eigenvalue weighted by Crippen LogP contribution is 2.30. The third kappa shape index (κ3) is 3.61. The lowest BCUT2D eigenvalue weighted by molar-refractivity contribution is 0.231. The van der Waals surface area contributed by atoms with Crippen LogP contribution in [0.2, 0.25) is 0 Å². The highest BCUT2D eigenvalue weighted by Gasteiger charge is 2.27. The van der Waals surface area contributed by atoms with E-state index in [1.165, 1.54) is 56.6 Å². The fourth-order valence-corrected chi connectivity index (χ4v) is 3.35. The molecule has 1 aliphatic heterocycles. The number of nitrogens with one attached hydrogen (secondary N) is 1. The molecule has 1 aromatic rings. The first-order chi connectivity index (χ1) is 9.74. The summed E-state index contributed by atoms with van der Waals surface area (Å²) in [6.07, 6.45) is 8.80. The van der Waals surface area contributed by atoms with E-state index in [9.17, 15) is 0 Å². The molecule has 0 aromatic carbocycles. The summed E-state index contributed by atoms with van der Waals surface area (Å²) in [5.74, 6) is 0.957. The van der Waals surface area contributed by atoms with Gasteiger partial charge in [-0.15, -0.1) is 0 Å². The Balaban J connectivity index is 1.64. The lowest BCUT2D eigenvalue weighted by atomic mass is 10.1. The van der Waals surface area contributed by atoms with Crippen LogP contribution in [0.1, 0.15) is 43.9 Å². The Bertz CT molecular complexity index is 430. The lowest BCUT2D eigenvalue weighted by Gasteiger charge is -2.25. The minimum atomic E-state index is 0.704. The Morgan fingerprint density at radius 1 is 1.35 bits per heavy atom. The van der Waals surface area contributed by atoms with Crippen LogP contribution in [0, 0.1) is 5.92 Å². The molecule has 1 unspecified atom stereocenters. The van der Waals surface area contributed by atoms with Crippen molar-refractivity contribution in [2.24, 2.45) is 13.0 Å². The maximum Gasteiger partial charge on any atom is 0.0666 e. The summed E-state index contributed by atoms with van der Waals surface area (Å²) in [6.45, 7) is 6.96. The van der Waals surface area contributed by atoms with Gasteiger partial charge in [0.25, 0.3) is 0 Å². The Morgan fingerprint density at radius 2 is 2.20 bits per heavy atom. The van der Waals surface area contributed by atoms with Crippen LogP contribution in [0.5, 0.6) is 0 Å². The molecule has 2 fully saturated rings. The van der Waals surface area contributed by atoms with Crippen molar-refractivity contribution in [3.8, 4) is 0 Å². The van der Waals surface area contributed by atoms with E-state index >= 15 is 0 Å². The monoisotopic (exact) mass is 276 g/mol. The van der Waals surface area contributed by atoms with Crippen molar-refractivity contribution in [3.05, 3.63) is 17.5 Å². The van der Waals surface area contributed by atoms with Crippen LogP contribution in [0.25, 0.3) is 0 Å². The molecule has 20 heavy (non-hydrogen) atoms. The van der Waals surface area contributed by atoms with E-state index in [1.54, 1.807) is 0 Å². The highest BCUT2D eigenvalue weighted by molar-refractivity contribution is 5.17. The summed E-state index contributed by atoms with van der Waals surface area (Å²) in [5.41, 5.74) is 2.70. The number of aryl methyl sites for hydroxylation is 2.